The highest BCUT2D eigenvalue weighted by atomic mass is 79.9. The quantitative estimate of drug-likeness (QED) is 0.641. The average molecular weight is 448 g/mol. The predicted molar refractivity (Wildman–Crippen MR) is 117 cm³/mol. The fraction of sp³-hybridized carbons (Fsp3) is 0.381. The van der Waals surface area contributed by atoms with Gasteiger partial charge in [-0.15, -0.1) is 11.8 Å². The van der Waals surface area contributed by atoms with Crippen molar-refractivity contribution >= 4 is 39.3 Å². The molecule has 1 heterocycles. The Labute approximate surface area is 174 Å². The van der Waals surface area contributed by atoms with E-state index in [9.17, 15) is 4.79 Å². The van der Waals surface area contributed by atoms with Gasteiger partial charge in [0.15, 0.2) is 0 Å². The first kappa shape index (κ1) is 20.4. The van der Waals surface area contributed by atoms with Crippen molar-refractivity contribution in [3.8, 4) is 0 Å². The molecule has 0 bridgehead atoms. The molecule has 1 fully saturated rings. The molecule has 0 atom stereocenters. The van der Waals surface area contributed by atoms with Crippen molar-refractivity contribution in [2.24, 2.45) is 0 Å². The summed E-state index contributed by atoms with van der Waals surface area (Å²) in [6, 6.07) is 16.2. The zero-order chi connectivity index (χ0) is 19.1. The van der Waals surface area contributed by atoms with Crippen LogP contribution in [0.2, 0.25) is 0 Å². The third-order valence-corrected chi connectivity index (χ3v) is 6.28. The molecule has 1 aliphatic heterocycles. The SMILES string of the molecule is CCN1CCN(Cc2ccc(NC(=O)CSc3ccc(Br)cc3)cc2)CC1. The van der Waals surface area contributed by atoms with Crippen LogP contribution in [0.25, 0.3) is 0 Å². The van der Waals surface area contributed by atoms with Crippen molar-refractivity contribution in [3.05, 3.63) is 58.6 Å². The van der Waals surface area contributed by atoms with E-state index in [1.807, 2.05) is 36.4 Å². The van der Waals surface area contributed by atoms with Gasteiger partial charge in [0.25, 0.3) is 0 Å². The lowest BCUT2D eigenvalue weighted by atomic mass is 10.1. The zero-order valence-corrected chi connectivity index (χ0v) is 18.1. The van der Waals surface area contributed by atoms with E-state index in [1.165, 1.54) is 5.56 Å². The van der Waals surface area contributed by atoms with E-state index in [1.54, 1.807) is 11.8 Å². The van der Waals surface area contributed by atoms with Crippen LogP contribution in [-0.2, 0) is 11.3 Å². The van der Waals surface area contributed by atoms with Gasteiger partial charge in [-0.25, -0.2) is 0 Å². The molecule has 0 aromatic heterocycles. The topological polar surface area (TPSA) is 35.6 Å². The van der Waals surface area contributed by atoms with E-state index in [4.69, 9.17) is 0 Å². The van der Waals surface area contributed by atoms with Crippen LogP contribution in [0.5, 0.6) is 0 Å². The highest BCUT2D eigenvalue weighted by molar-refractivity contribution is 9.10. The van der Waals surface area contributed by atoms with Gasteiger partial charge in [0, 0.05) is 47.8 Å². The molecular formula is C21H26BrN3OS. The smallest absolute Gasteiger partial charge is 0.234 e. The van der Waals surface area contributed by atoms with Crippen molar-refractivity contribution in [3.63, 3.8) is 0 Å². The molecule has 1 amide bonds. The number of rotatable bonds is 7. The van der Waals surface area contributed by atoms with Crippen LogP contribution < -0.4 is 5.32 Å². The number of carbonyl (C=O) groups excluding carboxylic acids is 1. The molecule has 27 heavy (non-hydrogen) atoms. The number of nitrogens with one attached hydrogen (secondary N) is 1. The minimum absolute atomic E-state index is 0.0198. The Hall–Kier alpha value is -1.34. The number of benzene rings is 2. The van der Waals surface area contributed by atoms with Crippen LogP contribution >= 0.6 is 27.7 Å². The van der Waals surface area contributed by atoms with Crippen molar-refractivity contribution < 1.29 is 4.79 Å². The molecule has 2 aromatic rings. The van der Waals surface area contributed by atoms with Gasteiger partial charge in [-0.05, 0) is 48.5 Å². The van der Waals surface area contributed by atoms with E-state index in [-0.39, 0.29) is 5.91 Å². The minimum Gasteiger partial charge on any atom is -0.325 e. The fourth-order valence-corrected chi connectivity index (χ4v) is 4.05. The molecule has 1 N–H and O–H groups in total. The summed E-state index contributed by atoms with van der Waals surface area (Å²) in [5.41, 5.74) is 2.15. The molecule has 0 unspecified atom stereocenters. The summed E-state index contributed by atoms with van der Waals surface area (Å²) in [5, 5.41) is 2.98. The average Bonchev–Trinajstić information content (AvgIpc) is 2.70. The van der Waals surface area contributed by atoms with Gasteiger partial charge in [-0.2, -0.15) is 0 Å². The lowest BCUT2D eigenvalue weighted by Crippen LogP contribution is -2.45. The Morgan fingerprint density at radius 1 is 1.00 bits per heavy atom. The predicted octanol–water partition coefficient (Wildman–Crippen LogP) is 4.32. The largest absolute Gasteiger partial charge is 0.325 e. The molecular weight excluding hydrogens is 422 g/mol. The summed E-state index contributed by atoms with van der Waals surface area (Å²) in [7, 11) is 0. The lowest BCUT2D eigenvalue weighted by molar-refractivity contribution is -0.113. The molecule has 2 aromatic carbocycles. The van der Waals surface area contributed by atoms with Crippen LogP contribution in [0.15, 0.2) is 57.9 Å². The number of amides is 1. The maximum Gasteiger partial charge on any atom is 0.234 e. The first-order valence-corrected chi connectivity index (χ1v) is 11.1. The van der Waals surface area contributed by atoms with Crippen LogP contribution in [0.3, 0.4) is 0 Å². The van der Waals surface area contributed by atoms with Crippen LogP contribution in [0.4, 0.5) is 5.69 Å². The molecule has 1 saturated heterocycles. The molecule has 144 valence electrons. The summed E-state index contributed by atoms with van der Waals surface area (Å²) in [5.74, 6) is 0.428. The summed E-state index contributed by atoms with van der Waals surface area (Å²) in [6.07, 6.45) is 0. The number of piperazine rings is 1. The Bertz CT molecular complexity index is 728. The summed E-state index contributed by atoms with van der Waals surface area (Å²) >= 11 is 4.96. The maximum atomic E-state index is 12.2. The van der Waals surface area contributed by atoms with Crippen LogP contribution in [0.1, 0.15) is 12.5 Å². The molecule has 3 rings (SSSR count). The molecule has 6 heteroatoms. The molecule has 0 aliphatic carbocycles. The van der Waals surface area contributed by atoms with Gasteiger partial charge >= 0.3 is 0 Å². The van der Waals surface area contributed by atoms with Crippen LogP contribution in [0, 0.1) is 0 Å². The van der Waals surface area contributed by atoms with Crippen LogP contribution in [-0.4, -0.2) is 54.2 Å². The van der Waals surface area contributed by atoms with Gasteiger partial charge in [-0.3, -0.25) is 9.69 Å². The standard InChI is InChI=1S/C21H26BrN3OS/c1-2-24-11-13-25(14-12-24)15-17-3-7-19(8-4-17)23-21(26)16-27-20-9-5-18(22)6-10-20/h3-10H,2,11-16H2,1H3,(H,23,26). The third-order valence-electron chi connectivity index (χ3n) is 4.74. The lowest BCUT2D eigenvalue weighted by Gasteiger charge is -2.34. The van der Waals surface area contributed by atoms with E-state index in [0.29, 0.717) is 5.75 Å². The summed E-state index contributed by atoms with van der Waals surface area (Å²) in [6.45, 7) is 8.90. The van der Waals surface area contributed by atoms with Crippen molar-refractivity contribution in [1.82, 2.24) is 9.80 Å². The number of hydrogen-bond donors (Lipinski definition) is 1. The van der Waals surface area contributed by atoms with Gasteiger partial charge in [0.1, 0.15) is 0 Å². The van der Waals surface area contributed by atoms with Gasteiger partial charge in [-0.1, -0.05) is 35.0 Å². The minimum atomic E-state index is 0.0198. The molecule has 0 radical (unpaired) electrons. The van der Waals surface area contributed by atoms with Gasteiger partial charge in [0.2, 0.25) is 5.91 Å². The van der Waals surface area contributed by atoms with Crippen molar-refractivity contribution in [2.45, 2.75) is 18.4 Å². The van der Waals surface area contributed by atoms with E-state index < -0.39 is 0 Å². The number of thioether (sulfide) groups is 1. The highest BCUT2D eigenvalue weighted by Crippen LogP contribution is 2.21. The van der Waals surface area contributed by atoms with E-state index >= 15 is 0 Å². The number of anilines is 1. The number of likely N-dealkylation sites (N-methyl/N-ethyl adjacent to an activating group) is 1. The zero-order valence-electron chi connectivity index (χ0n) is 15.7. The van der Waals surface area contributed by atoms with E-state index in [2.05, 4.69) is 50.1 Å². The Kier molecular flexibility index (Phi) is 7.76. The van der Waals surface area contributed by atoms with E-state index in [0.717, 1.165) is 54.3 Å². The Morgan fingerprint density at radius 3 is 2.26 bits per heavy atom. The number of hydrogen-bond acceptors (Lipinski definition) is 4. The second-order valence-corrected chi connectivity index (χ2v) is 8.66. The summed E-state index contributed by atoms with van der Waals surface area (Å²) in [4.78, 5) is 18.2. The Balaban J connectivity index is 1.43. The highest BCUT2D eigenvalue weighted by Gasteiger charge is 2.15. The second-order valence-electron chi connectivity index (χ2n) is 6.70. The molecule has 0 spiro atoms. The first-order chi connectivity index (χ1) is 13.1. The number of halogens is 1. The number of carbonyl (C=O) groups is 1. The molecule has 1 aliphatic rings. The second kappa shape index (κ2) is 10.3. The Morgan fingerprint density at radius 2 is 1.63 bits per heavy atom. The monoisotopic (exact) mass is 447 g/mol. The third kappa shape index (κ3) is 6.64. The van der Waals surface area contributed by atoms with Gasteiger partial charge in [0.05, 0.1) is 5.75 Å². The fourth-order valence-electron chi connectivity index (χ4n) is 3.09. The normalized spacial score (nSPS) is 15.6. The molecule has 4 nitrogen and oxygen atoms in total. The number of nitrogens with zero attached hydrogens (tertiary/aromatic N) is 2. The first-order valence-electron chi connectivity index (χ1n) is 9.34. The maximum absolute atomic E-state index is 12.2. The van der Waals surface area contributed by atoms with Crippen molar-refractivity contribution in [2.75, 3.05) is 43.8 Å². The summed E-state index contributed by atoms with van der Waals surface area (Å²) < 4.78 is 1.05. The van der Waals surface area contributed by atoms with Crippen molar-refractivity contribution in [1.29, 1.82) is 0 Å². The van der Waals surface area contributed by atoms with Gasteiger partial charge < -0.3 is 10.2 Å². The molecule has 0 saturated carbocycles.